The summed E-state index contributed by atoms with van der Waals surface area (Å²) in [5.74, 6) is 0.872. The second-order valence-corrected chi connectivity index (χ2v) is 6.47. The molecule has 1 heterocycles. The van der Waals surface area contributed by atoms with E-state index < -0.39 is 0 Å². The Morgan fingerprint density at radius 2 is 1.48 bits per heavy atom. The average molecular weight is 419 g/mol. The summed E-state index contributed by atoms with van der Waals surface area (Å²) in [4.78, 5) is 4.76. The van der Waals surface area contributed by atoms with E-state index in [1.54, 1.807) is 7.11 Å². The molecule has 3 heteroatoms. The van der Waals surface area contributed by atoms with E-state index in [-0.39, 0.29) is 17.1 Å². The summed E-state index contributed by atoms with van der Waals surface area (Å²) in [5.41, 5.74) is 5.54. The van der Waals surface area contributed by atoms with E-state index in [1.807, 2.05) is 60.7 Å². The van der Waals surface area contributed by atoms with Crippen LogP contribution in [0.2, 0.25) is 0 Å². The molecule has 29 heavy (non-hydrogen) atoms. The minimum absolute atomic E-state index is 0. The first-order chi connectivity index (χ1) is 13.8. The summed E-state index contributed by atoms with van der Waals surface area (Å²) in [6.07, 6.45) is 0. The van der Waals surface area contributed by atoms with Gasteiger partial charge >= 0.3 is 0 Å². The van der Waals surface area contributed by atoms with Gasteiger partial charge in [-0.25, -0.2) is 0 Å². The van der Waals surface area contributed by atoms with Gasteiger partial charge in [-0.05, 0) is 12.1 Å². The molecule has 0 saturated carbocycles. The molecule has 1 aromatic heterocycles. The van der Waals surface area contributed by atoms with Gasteiger partial charge in [-0.2, -0.15) is 0 Å². The van der Waals surface area contributed by atoms with Crippen LogP contribution in [-0.4, -0.2) is 12.1 Å². The van der Waals surface area contributed by atoms with Gasteiger partial charge in [0, 0.05) is 28.1 Å². The van der Waals surface area contributed by atoms with E-state index in [2.05, 4.69) is 48.5 Å². The first-order valence-corrected chi connectivity index (χ1v) is 9.27. The van der Waals surface area contributed by atoms with Crippen LogP contribution in [0.4, 0.5) is 0 Å². The standard InChI is InChI=1S/C21H16NO.C5H5.Fe/c1-23-19-11-8-15(9-12-19)17-6-7-18(14-17)21-13-10-16-4-2-3-5-20(16)22-21;1-2-4-5-3-1;/h2-14H,1H3;1-5H;/q-1;-5;. The fraction of sp³-hybridized carbons (Fsp3) is 0.0385. The summed E-state index contributed by atoms with van der Waals surface area (Å²) < 4.78 is 5.21. The van der Waals surface area contributed by atoms with Crippen molar-refractivity contribution in [1.82, 2.24) is 4.98 Å². The van der Waals surface area contributed by atoms with Crippen molar-refractivity contribution in [3.8, 4) is 28.1 Å². The topological polar surface area (TPSA) is 22.1 Å². The van der Waals surface area contributed by atoms with Gasteiger partial charge < -0.3 is 35.1 Å². The van der Waals surface area contributed by atoms with E-state index in [4.69, 9.17) is 9.72 Å². The molecule has 0 radical (unpaired) electrons. The normalized spacial score (nSPS) is 9.97. The quantitative estimate of drug-likeness (QED) is 0.240. The molecule has 5 aromatic rings. The predicted molar refractivity (Wildman–Crippen MR) is 117 cm³/mol. The van der Waals surface area contributed by atoms with Crippen molar-refractivity contribution >= 4 is 10.9 Å². The zero-order chi connectivity index (χ0) is 19.2. The molecule has 0 bridgehead atoms. The second-order valence-electron chi connectivity index (χ2n) is 6.47. The van der Waals surface area contributed by atoms with Crippen LogP contribution in [0.5, 0.6) is 5.75 Å². The molecule has 0 aliphatic rings. The number of nitrogens with zero attached hydrogens (tertiary/aromatic N) is 1. The van der Waals surface area contributed by atoms with Crippen molar-refractivity contribution in [2.45, 2.75) is 0 Å². The third-order valence-electron chi connectivity index (χ3n) is 4.63. The van der Waals surface area contributed by atoms with Crippen LogP contribution in [-0.2, 0) is 17.1 Å². The Kier molecular flexibility index (Phi) is 7.02. The molecule has 0 unspecified atom stereocenters. The average Bonchev–Trinajstić information content (AvgIpc) is 3.49. The van der Waals surface area contributed by atoms with Crippen LogP contribution >= 0.6 is 0 Å². The number of rotatable bonds is 3. The maximum atomic E-state index is 5.21. The molecular formula is C26H21FeNO-6. The summed E-state index contributed by atoms with van der Waals surface area (Å²) in [7, 11) is 1.68. The zero-order valence-electron chi connectivity index (χ0n) is 16.1. The number of fused-ring (bicyclic) bond motifs is 1. The Morgan fingerprint density at radius 3 is 2.17 bits per heavy atom. The number of aromatic nitrogens is 1. The molecule has 150 valence electrons. The van der Waals surface area contributed by atoms with Gasteiger partial charge in [-0.3, -0.25) is 4.98 Å². The van der Waals surface area contributed by atoms with Gasteiger partial charge in [0.25, 0.3) is 0 Å². The van der Waals surface area contributed by atoms with E-state index >= 15 is 0 Å². The van der Waals surface area contributed by atoms with Crippen molar-refractivity contribution in [2.75, 3.05) is 7.11 Å². The van der Waals surface area contributed by atoms with Crippen LogP contribution in [0.3, 0.4) is 0 Å². The Labute approximate surface area is 182 Å². The molecular weight excluding hydrogens is 398 g/mol. The third-order valence-corrected chi connectivity index (χ3v) is 4.63. The van der Waals surface area contributed by atoms with Gasteiger partial charge in [0.05, 0.1) is 12.6 Å². The summed E-state index contributed by atoms with van der Waals surface area (Å²) in [5, 5.41) is 1.16. The van der Waals surface area contributed by atoms with Gasteiger partial charge in [0.15, 0.2) is 0 Å². The van der Waals surface area contributed by atoms with Crippen molar-refractivity contribution in [1.29, 1.82) is 0 Å². The molecule has 0 amide bonds. The van der Waals surface area contributed by atoms with E-state index in [9.17, 15) is 0 Å². The van der Waals surface area contributed by atoms with Gasteiger partial charge in [-0.1, -0.05) is 47.5 Å². The molecule has 0 N–H and O–H groups in total. The predicted octanol–water partition coefficient (Wildman–Crippen LogP) is 6.70. The van der Waals surface area contributed by atoms with Crippen LogP contribution in [0.25, 0.3) is 33.3 Å². The van der Waals surface area contributed by atoms with Crippen molar-refractivity contribution in [3.63, 3.8) is 0 Å². The molecule has 0 aliphatic carbocycles. The van der Waals surface area contributed by atoms with Crippen LogP contribution in [0.15, 0.2) is 109 Å². The summed E-state index contributed by atoms with van der Waals surface area (Å²) in [6.45, 7) is 0. The Hall–Kier alpha value is -3.13. The van der Waals surface area contributed by atoms with Gasteiger partial charge in [0.1, 0.15) is 5.75 Å². The fourth-order valence-corrected chi connectivity index (χ4v) is 3.11. The number of benzene rings is 2. The first kappa shape index (κ1) is 20.6. The number of hydrogen-bond donors (Lipinski definition) is 0. The number of methoxy groups -OCH3 is 1. The molecule has 0 saturated heterocycles. The molecule has 5 rings (SSSR count). The van der Waals surface area contributed by atoms with Crippen molar-refractivity contribution < 1.29 is 21.8 Å². The molecule has 0 spiro atoms. The van der Waals surface area contributed by atoms with E-state index in [0.29, 0.717) is 0 Å². The van der Waals surface area contributed by atoms with E-state index in [0.717, 1.165) is 27.9 Å². The smallest absolute Gasteiger partial charge is 0.104 e. The Balaban J connectivity index is 0.000000352. The largest absolute Gasteiger partial charge is 0.748 e. The fourth-order valence-electron chi connectivity index (χ4n) is 3.11. The van der Waals surface area contributed by atoms with Crippen molar-refractivity contribution in [3.05, 3.63) is 109 Å². The zero-order valence-corrected chi connectivity index (χ0v) is 17.2. The minimum atomic E-state index is 0. The van der Waals surface area contributed by atoms with E-state index in [1.165, 1.54) is 11.1 Å². The second kappa shape index (κ2) is 9.88. The molecule has 0 atom stereocenters. The number of hydrogen-bond acceptors (Lipinski definition) is 2. The summed E-state index contributed by atoms with van der Waals surface area (Å²) in [6, 6.07) is 36.9. The van der Waals surface area contributed by atoms with Crippen LogP contribution in [0, 0.1) is 0 Å². The van der Waals surface area contributed by atoms with Gasteiger partial charge in [0.2, 0.25) is 0 Å². The third kappa shape index (κ3) is 5.03. The maximum Gasteiger partial charge on any atom is 0.104 e. The van der Waals surface area contributed by atoms with Crippen LogP contribution < -0.4 is 4.74 Å². The minimum Gasteiger partial charge on any atom is -0.748 e. The Bertz CT molecular complexity index is 1120. The number of ether oxygens (including phenoxy) is 1. The number of pyridine rings is 1. The molecule has 4 aromatic carbocycles. The maximum absolute atomic E-state index is 5.21. The SMILES string of the molecule is COc1ccc(-[c-]2ccc(-c3ccc4ccccc4n3)c2)cc1.[Fe].[cH-]1[cH-][cH-][cH-][cH-]1. The molecule has 2 nitrogen and oxygen atoms in total. The van der Waals surface area contributed by atoms with Crippen molar-refractivity contribution in [2.24, 2.45) is 0 Å². The molecule has 0 aliphatic heterocycles. The van der Waals surface area contributed by atoms with Gasteiger partial charge in [-0.15, -0.1) is 35.9 Å². The monoisotopic (exact) mass is 419 g/mol. The summed E-state index contributed by atoms with van der Waals surface area (Å²) >= 11 is 0. The first-order valence-electron chi connectivity index (χ1n) is 9.27. The number of para-hydroxylation sites is 1. The van der Waals surface area contributed by atoms with Crippen LogP contribution in [0.1, 0.15) is 0 Å². The Morgan fingerprint density at radius 1 is 0.793 bits per heavy atom. The molecule has 0 fully saturated rings.